The molecule has 2 atom stereocenters. The summed E-state index contributed by atoms with van der Waals surface area (Å²) in [5.41, 5.74) is 2.67. The number of benzene rings is 1. The van der Waals surface area contributed by atoms with Gasteiger partial charge in [-0.25, -0.2) is 0 Å². The standard InChI is InChI=1S/C16H19NO2/c1-3-8-17-15-7-5-11-4-6-12(19-2)9-13(11)14(15)10-16(17)18/h3-4,6,9,14-15H,1,5,7-8,10H2,2H3/t14-,15-/m0/s1. The molecule has 1 aliphatic heterocycles. The monoisotopic (exact) mass is 257 g/mol. The molecule has 1 saturated heterocycles. The summed E-state index contributed by atoms with van der Waals surface area (Å²) in [6, 6.07) is 6.60. The van der Waals surface area contributed by atoms with Gasteiger partial charge in [-0.3, -0.25) is 4.79 Å². The lowest BCUT2D eigenvalue weighted by Gasteiger charge is -2.32. The number of rotatable bonds is 3. The second-order valence-corrected chi connectivity index (χ2v) is 5.32. The summed E-state index contributed by atoms with van der Waals surface area (Å²) in [6.07, 6.45) is 4.55. The summed E-state index contributed by atoms with van der Waals surface area (Å²) in [5, 5.41) is 0. The van der Waals surface area contributed by atoms with Crippen molar-refractivity contribution in [2.24, 2.45) is 0 Å². The summed E-state index contributed by atoms with van der Waals surface area (Å²) in [7, 11) is 1.69. The van der Waals surface area contributed by atoms with E-state index in [0.29, 0.717) is 24.9 Å². The molecule has 0 N–H and O–H groups in total. The van der Waals surface area contributed by atoms with E-state index < -0.39 is 0 Å². The molecule has 2 aliphatic rings. The SMILES string of the molecule is C=CCN1C(=O)C[C@H]2c3cc(OC)ccc3CC[C@@H]21. The number of methoxy groups -OCH3 is 1. The van der Waals surface area contributed by atoms with Crippen molar-refractivity contribution in [3.8, 4) is 5.75 Å². The zero-order valence-electron chi connectivity index (χ0n) is 11.3. The Morgan fingerprint density at radius 3 is 3.11 bits per heavy atom. The maximum Gasteiger partial charge on any atom is 0.223 e. The summed E-state index contributed by atoms with van der Waals surface area (Å²) in [6.45, 7) is 4.42. The Labute approximate surface area is 113 Å². The zero-order valence-corrected chi connectivity index (χ0v) is 11.3. The smallest absolute Gasteiger partial charge is 0.223 e. The minimum atomic E-state index is 0.255. The van der Waals surface area contributed by atoms with Gasteiger partial charge in [0.1, 0.15) is 5.75 Å². The molecule has 19 heavy (non-hydrogen) atoms. The number of likely N-dealkylation sites (tertiary alicyclic amines) is 1. The maximum atomic E-state index is 12.1. The van der Waals surface area contributed by atoms with Gasteiger partial charge in [-0.05, 0) is 36.1 Å². The second kappa shape index (κ2) is 4.72. The fraction of sp³-hybridized carbons (Fsp3) is 0.438. The van der Waals surface area contributed by atoms with Crippen molar-refractivity contribution >= 4 is 5.91 Å². The van der Waals surface area contributed by atoms with Crippen LogP contribution < -0.4 is 4.74 Å². The van der Waals surface area contributed by atoms with Crippen LogP contribution in [0.3, 0.4) is 0 Å². The van der Waals surface area contributed by atoms with Crippen LogP contribution in [0.25, 0.3) is 0 Å². The Bertz CT molecular complexity index is 523. The summed E-state index contributed by atoms with van der Waals surface area (Å²) in [5.74, 6) is 1.46. The van der Waals surface area contributed by atoms with E-state index in [1.807, 2.05) is 17.0 Å². The van der Waals surface area contributed by atoms with Crippen molar-refractivity contribution in [2.75, 3.05) is 13.7 Å². The number of hydrogen-bond acceptors (Lipinski definition) is 2. The van der Waals surface area contributed by atoms with Crippen LogP contribution in [-0.2, 0) is 11.2 Å². The molecule has 1 fully saturated rings. The van der Waals surface area contributed by atoms with Crippen LogP contribution in [0.1, 0.15) is 29.9 Å². The first kappa shape index (κ1) is 12.3. The first-order valence-electron chi connectivity index (χ1n) is 6.81. The molecule has 1 aromatic carbocycles. The van der Waals surface area contributed by atoms with Crippen LogP contribution in [0, 0.1) is 0 Å². The molecule has 3 heteroatoms. The van der Waals surface area contributed by atoms with Crippen LogP contribution in [-0.4, -0.2) is 30.5 Å². The second-order valence-electron chi connectivity index (χ2n) is 5.32. The minimum Gasteiger partial charge on any atom is -0.497 e. The Balaban J connectivity index is 1.97. The molecule has 0 saturated carbocycles. The average Bonchev–Trinajstić information content (AvgIpc) is 2.76. The van der Waals surface area contributed by atoms with Crippen molar-refractivity contribution in [2.45, 2.75) is 31.2 Å². The molecule has 1 aliphatic carbocycles. The van der Waals surface area contributed by atoms with E-state index in [-0.39, 0.29) is 5.91 Å². The Morgan fingerprint density at radius 2 is 2.37 bits per heavy atom. The molecular formula is C16H19NO2. The highest BCUT2D eigenvalue weighted by Gasteiger charge is 2.42. The fourth-order valence-corrected chi connectivity index (χ4v) is 3.47. The van der Waals surface area contributed by atoms with Gasteiger partial charge >= 0.3 is 0 Å². The molecular weight excluding hydrogens is 238 g/mol. The number of nitrogens with zero attached hydrogens (tertiary/aromatic N) is 1. The third-order valence-electron chi connectivity index (χ3n) is 4.37. The van der Waals surface area contributed by atoms with Gasteiger partial charge in [0.2, 0.25) is 5.91 Å². The van der Waals surface area contributed by atoms with E-state index in [9.17, 15) is 4.79 Å². The maximum absolute atomic E-state index is 12.1. The van der Waals surface area contributed by atoms with Gasteiger partial charge in [0.15, 0.2) is 0 Å². The van der Waals surface area contributed by atoms with Crippen molar-refractivity contribution < 1.29 is 9.53 Å². The van der Waals surface area contributed by atoms with Crippen molar-refractivity contribution in [1.82, 2.24) is 4.90 Å². The first-order chi connectivity index (χ1) is 9.24. The molecule has 1 aromatic rings. The molecule has 3 rings (SSSR count). The van der Waals surface area contributed by atoms with Crippen molar-refractivity contribution in [3.05, 3.63) is 42.0 Å². The third kappa shape index (κ3) is 1.93. The molecule has 0 unspecified atom stereocenters. The Kier molecular flexibility index (Phi) is 3.05. The quantitative estimate of drug-likeness (QED) is 0.779. The minimum absolute atomic E-state index is 0.255. The lowest BCUT2D eigenvalue weighted by atomic mass is 9.79. The number of amides is 1. The van der Waals surface area contributed by atoms with Gasteiger partial charge in [-0.1, -0.05) is 12.1 Å². The predicted molar refractivity (Wildman–Crippen MR) is 74.4 cm³/mol. The van der Waals surface area contributed by atoms with E-state index in [0.717, 1.165) is 18.6 Å². The van der Waals surface area contributed by atoms with Crippen LogP contribution in [0.4, 0.5) is 0 Å². The number of carbonyl (C=O) groups is 1. The van der Waals surface area contributed by atoms with Crippen LogP contribution in [0.2, 0.25) is 0 Å². The van der Waals surface area contributed by atoms with Gasteiger partial charge in [0, 0.05) is 24.9 Å². The average molecular weight is 257 g/mol. The van der Waals surface area contributed by atoms with E-state index in [1.54, 1.807) is 7.11 Å². The van der Waals surface area contributed by atoms with Crippen molar-refractivity contribution in [1.29, 1.82) is 0 Å². The number of carbonyl (C=O) groups excluding carboxylic acids is 1. The molecule has 100 valence electrons. The molecule has 0 radical (unpaired) electrons. The third-order valence-corrected chi connectivity index (χ3v) is 4.37. The number of aryl methyl sites for hydroxylation is 1. The van der Waals surface area contributed by atoms with Gasteiger partial charge in [-0.2, -0.15) is 0 Å². The first-order valence-corrected chi connectivity index (χ1v) is 6.81. The molecule has 1 amide bonds. The summed E-state index contributed by atoms with van der Waals surface area (Å²) in [4.78, 5) is 14.1. The largest absolute Gasteiger partial charge is 0.497 e. The van der Waals surface area contributed by atoms with Gasteiger partial charge in [0.05, 0.1) is 7.11 Å². The topological polar surface area (TPSA) is 29.5 Å². The normalized spacial score (nSPS) is 24.9. The summed E-state index contributed by atoms with van der Waals surface area (Å²) >= 11 is 0. The van der Waals surface area contributed by atoms with Crippen LogP contribution in [0.15, 0.2) is 30.9 Å². The van der Waals surface area contributed by atoms with Crippen LogP contribution >= 0.6 is 0 Å². The molecule has 0 spiro atoms. The highest BCUT2D eigenvalue weighted by molar-refractivity contribution is 5.81. The Morgan fingerprint density at radius 1 is 1.53 bits per heavy atom. The predicted octanol–water partition coefficient (Wildman–Crippen LogP) is 2.51. The Hall–Kier alpha value is -1.77. The van der Waals surface area contributed by atoms with E-state index in [4.69, 9.17) is 4.74 Å². The summed E-state index contributed by atoms with van der Waals surface area (Å²) < 4.78 is 5.32. The molecule has 1 heterocycles. The highest BCUT2D eigenvalue weighted by Crippen LogP contribution is 2.43. The molecule has 0 bridgehead atoms. The lowest BCUT2D eigenvalue weighted by Crippen LogP contribution is -2.37. The van der Waals surface area contributed by atoms with Gasteiger partial charge in [-0.15, -0.1) is 6.58 Å². The number of fused-ring (bicyclic) bond motifs is 3. The van der Waals surface area contributed by atoms with Gasteiger partial charge < -0.3 is 9.64 Å². The number of hydrogen-bond donors (Lipinski definition) is 0. The van der Waals surface area contributed by atoms with Gasteiger partial charge in [0.25, 0.3) is 0 Å². The van der Waals surface area contributed by atoms with Crippen molar-refractivity contribution in [3.63, 3.8) is 0 Å². The highest BCUT2D eigenvalue weighted by atomic mass is 16.5. The number of ether oxygens (including phenoxy) is 1. The molecule has 0 aromatic heterocycles. The van der Waals surface area contributed by atoms with E-state index >= 15 is 0 Å². The van der Waals surface area contributed by atoms with E-state index in [2.05, 4.69) is 18.7 Å². The van der Waals surface area contributed by atoms with Crippen LogP contribution in [0.5, 0.6) is 5.75 Å². The lowest BCUT2D eigenvalue weighted by molar-refractivity contribution is -0.128. The zero-order chi connectivity index (χ0) is 13.4. The fourth-order valence-electron chi connectivity index (χ4n) is 3.47. The van der Waals surface area contributed by atoms with E-state index in [1.165, 1.54) is 11.1 Å². The molecule has 3 nitrogen and oxygen atoms in total.